The Kier molecular flexibility index (Phi) is 6.12. The molecule has 0 radical (unpaired) electrons. The number of aryl methyl sites for hydroxylation is 2. The van der Waals surface area contributed by atoms with Crippen molar-refractivity contribution >= 4 is 17.7 Å². The molecular weight excluding hydrogens is 382 g/mol. The number of ketones is 1. The predicted octanol–water partition coefficient (Wildman–Crippen LogP) is 3.10. The molecule has 1 atom stereocenters. The molecule has 7 nitrogen and oxygen atoms in total. The van der Waals surface area contributed by atoms with Gasteiger partial charge in [-0.1, -0.05) is 29.8 Å². The van der Waals surface area contributed by atoms with Gasteiger partial charge in [0.25, 0.3) is 5.91 Å². The van der Waals surface area contributed by atoms with Crippen LogP contribution < -0.4 is 5.32 Å². The lowest BCUT2D eigenvalue weighted by Crippen LogP contribution is -2.41. The van der Waals surface area contributed by atoms with Crippen LogP contribution in [0.3, 0.4) is 0 Å². The molecule has 0 saturated carbocycles. The summed E-state index contributed by atoms with van der Waals surface area (Å²) in [7, 11) is 1.66. The number of carbonyl (C=O) groups excluding carboxylic acids is 3. The first kappa shape index (κ1) is 21.8. The zero-order chi connectivity index (χ0) is 22.1. The lowest BCUT2D eigenvalue weighted by atomic mass is 9.91. The predicted molar refractivity (Wildman–Crippen MR) is 114 cm³/mol. The molecule has 30 heavy (non-hydrogen) atoms. The Morgan fingerprint density at radius 3 is 2.43 bits per heavy atom. The number of methoxy groups -OCH3 is 1. The number of ether oxygens (including phenoxy) is 1. The van der Waals surface area contributed by atoms with Crippen LogP contribution in [0.25, 0.3) is 0 Å². The van der Waals surface area contributed by atoms with Crippen molar-refractivity contribution in [1.29, 1.82) is 0 Å². The highest BCUT2D eigenvalue weighted by atomic mass is 16.5. The van der Waals surface area contributed by atoms with Crippen molar-refractivity contribution < 1.29 is 19.1 Å². The molecule has 3 amide bonds. The Morgan fingerprint density at radius 2 is 1.80 bits per heavy atom. The van der Waals surface area contributed by atoms with Crippen LogP contribution in [0.5, 0.6) is 0 Å². The van der Waals surface area contributed by atoms with E-state index in [4.69, 9.17) is 4.74 Å². The second-order valence-electron chi connectivity index (χ2n) is 8.02. The summed E-state index contributed by atoms with van der Waals surface area (Å²) >= 11 is 0. The summed E-state index contributed by atoms with van der Waals surface area (Å²) in [5, 5.41) is 2.75. The van der Waals surface area contributed by atoms with E-state index in [0.29, 0.717) is 17.7 Å². The smallest absolute Gasteiger partial charge is 0.325 e. The van der Waals surface area contributed by atoms with Gasteiger partial charge in [-0.05, 0) is 45.7 Å². The minimum atomic E-state index is -1.18. The maximum Gasteiger partial charge on any atom is 0.325 e. The number of benzene rings is 1. The molecule has 1 N–H and O–H groups in total. The third kappa shape index (κ3) is 3.89. The number of Topliss-reactive ketones (excluding diaryl/α,β-unsaturated/α-hetero) is 1. The second-order valence-corrected chi connectivity index (χ2v) is 8.02. The average molecular weight is 412 g/mol. The van der Waals surface area contributed by atoms with Crippen molar-refractivity contribution in [3.63, 3.8) is 0 Å². The first-order valence-electron chi connectivity index (χ1n) is 10.1. The largest absolute Gasteiger partial charge is 0.385 e. The van der Waals surface area contributed by atoms with Gasteiger partial charge >= 0.3 is 6.03 Å². The molecule has 0 aliphatic carbocycles. The number of amides is 3. The van der Waals surface area contributed by atoms with Crippen LogP contribution in [0.15, 0.2) is 30.3 Å². The van der Waals surface area contributed by atoms with E-state index >= 15 is 0 Å². The number of urea groups is 1. The van der Waals surface area contributed by atoms with Gasteiger partial charge in [0.15, 0.2) is 5.78 Å². The Labute approximate surface area is 177 Å². The van der Waals surface area contributed by atoms with Gasteiger partial charge in [0, 0.05) is 37.2 Å². The zero-order valence-corrected chi connectivity index (χ0v) is 18.2. The third-order valence-electron chi connectivity index (χ3n) is 5.81. The second kappa shape index (κ2) is 8.44. The zero-order valence-electron chi connectivity index (χ0n) is 18.2. The molecule has 160 valence electrons. The van der Waals surface area contributed by atoms with Gasteiger partial charge in [0.1, 0.15) is 5.54 Å². The fraction of sp³-hybridized carbons (Fsp3) is 0.435. The van der Waals surface area contributed by atoms with Crippen LogP contribution in [0.2, 0.25) is 0 Å². The Hall–Kier alpha value is -2.93. The van der Waals surface area contributed by atoms with E-state index < -0.39 is 17.5 Å². The van der Waals surface area contributed by atoms with E-state index in [0.717, 1.165) is 34.8 Å². The highest BCUT2D eigenvalue weighted by molar-refractivity contribution is 6.11. The van der Waals surface area contributed by atoms with Crippen molar-refractivity contribution in [1.82, 2.24) is 14.8 Å². The molecule has 1 aromatic carbocycles. The Morgan fingerprint density at radius 1 is 1.13 bits per heavy atom. The summed E-state index contributed by atoms with van der Waals surface area (Å²) in [6, 6.07) is 8.71. The molecule has 1 aromatic heterocycles. The van der Waals surface area contributed by atoms with Crippen LogP contribution in [-0.4, -0.2) is 47.4 Å². The van der Waals surface area contributed by atoms with Gasteiger partial charge in [-0.3, -0.25) is 14.5 Å². The number of nitrogens with zero attached hydrogens (tertiary/aromatic N) is 2. The van der Waals surface area contributed by atoms with Gasteiger partial charge in [-0.2, -0.15) is 0 Å². The van der Waals surface area contributed by atoms with E-state index in [2.05, 4.69) is 9.88 Å². The molecule has 7 heteroatoms. The summed E-state index contributed by atoms with van der Waals surface area (Å²) in [4.78, 5) is 39.7. The molecule has 1 unspecified atom stereocenters. The van der Waals surface area contributed by atoms with Crippen LogP contribution in [-0.2, 0) is 21.6 Å². The van der Waals surface area contributed by atoms with Crippen LogP contribution in [0.4, 0.5) is 4.79 Å². The van der Waals surface area contributed by atoms with E-state index in [1.165, 1.54) is 0 Å². The standard InChI is InChI=1S/C23H29N3O4/c1-15-7-9-18(10-8-15)23(4)21(28)26(22(29)24-23)14-20(27)19-13-16(2)25(17(19)3)11-6-12-30-5/h7-10,13H,6,11-12,14H2,1-5H3,(H,24,29). The molecule has 1 fully saturated rings. The monoisotopic (exact) mass is 411 g/mol. The third-order valence-corrected chi connectivity index (χ3v) is 5.81. The maximum absolute atomic E-state index is 13.1. The maximum atomic E-state index is 13.1. The first-order chi connectivity index (χ1) is 14.2. The fourth-order valence-electron chi connectivity index (χ4n) is 3.95. The average Bonchev–Trinajstić information content (AvgIpc) is 3.11. The van der Waals surface area contributed by atoms with E-state index in [1.807, 2.05) is 51.1 Å². The lowest BCUT2D eigenvalue weighted by Gasteiger charge is -2.22. The van der Waals surface area contributed by atoms with Gasteiger partial charge in [0.05, 0.1) is 6.54 Å². The summed E-state index contributed by atoms with van der Waals surface area (Å²) < 4.78 is 7.17. The van der Waals surface area contributed by atoms with Crippen LogP contribution in [0.1, 0.15) is 46.2 Å². The summed E-state index contributed by atoms with van der Waals surface area (Å²) in [5.74, 6) is -0.670. The molecule has 2 aromatic rings. The topological polar surface area (TPSA) is 80.6 Å². The molecule has 3 rings (SSSR count). The van der Waals surface area contributed by atoms with E-state index in [1.54, 1.807) is 14.0 Å². The number of aromatic nitrogens is 1. The minimum Gasteiger partial charge on any atom is -0.385 e. The van der Waals surface area contributed by atoms with E-state index in [9.17, 15) is 14.4 Å². The minimum absolute atomic E-state index is 0.252. The Balaban J connectivity index is 1.79. The lowest BCUT2D eigenvalue weighted by molar-refractivity contribution is -0.130. The van der Waals surface area contributed by atoms with Crippen molar-refractivity contribution in [2.24, 2.45) is 0 Å². The fourth-order valence-corrected chi connectivity index (χ4v) is 3.95. The number of carbonyl (C=O) groups is 3. The molecule has 1 aliphatic heterocycles. The van der Waals surface area contributed by atoms with Crippen molar-refractivity contribution in [3.8, 4) is 0 Å². The highest BCUT2D eigenvalue weighted by Gasteiger charge is 2.49. The summed E-state index contributed by atoms with van der Waals surface area (Å²) in [5.41, 5.74) is 2.91. The Bertz CT molecular complexity index is 977. The van der Waals surface area contributed by atoms with E-state index in [-0.39, 0.29) is 12.3 Å². The SMILES string of the molecule is COCCCn1c(C)cc(C(=O)CN2C(=O)NC(C)(c3ccc(C)cc3)C2=O)c1C. The molecule has 0 spiro atoms. The molecule has 2 heterocycles. The number of hydrogen-bond acceptors (Lipinski definition) is 4. The van der Waals surface area contributed by atoms with Crippen molar-refractivity contribution in [2.45, 2.75) is 46.2 Å². The van der Waals surface area contributed by atoms with Crippen LogP contribution in [0, 0.1) is 20.8 Å². The van der Waals surface area contributed by atoms with Crippen molar-refractivity contribution in [2.75, 3.05) is 20.3 Å². The highest BCUT2D eigenvalue weighted by Crippen LogP contribution is 2.29. The van der Waals surface area contributed by atoms with Crippen LogP contribution >= 0.6 is 0 Å². The molecular formula is C23H29N3O4. The quantitative estimate of drug-likeness (QED) is 0.411. The molecule has 0 bridgehead atoms. The normalized spacial score (nSPS) is 18.8. The number of nitrogens with one attached hydrogen (secondary N) is 1. The van der Waals surface area contributed by atoms with Gasteiger partial charge in [-0.25, -0.2) is 4.79 Å². The van der Waals surface area contributed by atoms with Gasteiger partial charge in [-0.15, -0.1) is 0 Å². The van der Waals surface area contributed by atoms with Crippen molar-refractivity contribution in [3.05, 3.63) is 58.4 Å². The van der Waals surface area contributed by atoms with Gasteiger partial charge in [0.2, 0.25) is 0 Å². The number of rotatable bonds is 8. The number of hydrogen-bond donors (Lipinski definition) is 1. The number of imide groups is 1. The molecule has 1 saturated heterocycles. The first-order valence-corrected chi connectivity index (χ1v) is 10.1. The molecule has 1 aliphatic rings. The van der Waals surface area contributed by atoms with Gasteiger partial charge < -0.3 is 14.6 Å². The summed E-state index contributed by atoms with van der Waals surface area (Å²) in [6.07, 6.45) is 0.836. The summed E-state index contributed by atoms with van der Waals surface area (Å²) in [6.45, 7) is 8.55.